The minimum atomic E-state index is -0.553. The van der Waals surface area contributed by atoms with E-state index >= 15 is 0 Å². The van der Waals surface area contributed by atoms with Crippen LogP contribution in [0.5, 0.6) is 11.5 Å². The summed E-state index contributed by atoms with van der Waals surface area (Å²) in [7, 11) is 3.16. The number of ether oxygens (including phenoxy) is 2. The van der Waals surface area contributed by atoms with Crippen molar-refractivity contribution in [1.29, 1.82) is 0 Å². The molecule has 1 aromatic heterocycles. The summed E-state index contributed by atoms with van der Waals surface area (Å²) in [5, 5.41) is 0.303. The van der Waals surface area contributed by atoms with Crippen molar-refractivity contribution in [1.82, 2.24) is 4.98 Å². The highest BCUT2D eigenvalue weighted by Crippen LogP contribution is 2.54. The van der Waals surface area contributed by atoms with Gasteiger partial charge in [-0.05, 0) is 54.2 Å². The lowest BCUT2D eigenvalue weighted by atomic mass is 9.83. The number of carbonyl (C=O) groups is 2. The topological polar surface area (TPSA) is 71.6 Å². The molecule has 10 heteroatoms. The third kappa shape index (κ3) is 3.40. The molecule has 0 saturated carbocycles. The number of hydrogen-bond acceptors (Lipinski definition) is 7. The first-order valence-corrected chi connectivity index (χ1v) is 12.6. The van der Waals surface area contributed by atoms with Crippen molar-refractivity contribution >= 4 is 68.7 Å². The van der Waals surface area contributed by atoms with Crippen LogP contribution in [0.25, 0.3) is 0 Å². The van der Waals surface area contributed by atoms with Crippen molar-refractivity contribution in [3.63, 3.8) is 0 Å². The second-order valence-electron chi connectivity index (χ2n) is 7.35. The van der Waals surface area contributed by atoms with E-state index in [-0.39, 0.29) is 17.7 Å². The molecule has 3 unspecified atom stereocenters. The van der Waals surface area contributed by atoms with E-state index in [1.807, 2.05) is 30.3 Å². The predicted octanol–water partition coefficient (Wildman–Crippen LogP) is 5.38. The molecule has 3 atom stereocenters. The second kappa shape index (κ2) is 8.33. The van der Waals surface area contributed by atoms with E-state index in [4.69, 9.17) is 21.7 Å². The number of thioether (sulfide) groups is 1. The SMILES string of the molecule is COc1ccc(C2c3sc(=S)[nH]c3SC3C(=O)N(c4ccc(Br)cc4)C(=O)C32)cc1OC. The molecular weight excluding hydrogens is 532 g/mol. The summed E-state index contributed by atoms with van der Waals surface area (Å²) in [6.45, 7) is 0. The van der Waals surface area contributed by atoms with Gasteiger partial charge >= 0.3 is 0 Å². The Morgan fingerprint density at radius 2 is 1.75 bits per heavy atom. The first kappa shape index (κ1) is 21.7. The molecule has 3 heterocycles. The minimum absolute atomic E-state index is 0.209. The number of benzene rings is 2. The number of aromatic amines is 1. The number of carbonyl (C=O) groups excluding carboxylic acids is 2. The lowest BCUT2D eigenvalue weighted by Gasteiger charge is -2.30. The van der Waals surface area contributed by atoms with Gasteiger partial charge in [0.2, 0.25) is 11.8 Å². The summed E-state index contributed by atoms with van der Waals surface area (Å²) in [6, 6.07) is 12.8. The monoisotopic (exact) mass is 548 g/mol. The highest BCUT2D eigenvalue weighted by atomic mass is 79.9. The lowest BCUT2D eigenvalue weighted by molar-refractivity contribution is -0.122. The highest BCUT2D eigenvalue weighted by Gasteiger charge is 2.56. The third-order valence-corrected chi connectivity index (χ3v) is 8.96. The summed E-state index contributed by atoms with van der Waals surface area (Å²) >= 11 is 11.6. The first-order chi connectivity index (χ1) is 15.4. The van der Waals surface area contributed by atoms with Gasteiger partial charge in [0.25, 0.3) is 0 Å². The maximum absolute atomic E-state index is 13.7. The maximum atomic E-state index is 13.7. The molecular formula is C22H17BrN2O4S3. The van der Waals surface area contributed by atoms with Crippen molar-refractivity contribution in [2.45, 2.75) is 16.2 Å². The molecule has 2 aliphatic rings. The minimum Gasteiger partial charge on any atom is -0.493 e. The van der Waals surface area contributed by atoms with Crippen molar-refractivity contribution in [3.8, 4) is 11.5 Å². The van der Waals surface area contributed by atoms with Gasteiger partial charge in [0, 0.05) is 15.3 Å². The molecule has 1 saturated heterocycles. The summed E-state index contributed by atoms with van der Waals surface area (Å²) in [5.74, 6) is -0.130. The molecule has 5 rings (SSSR count). The van der Waals surface area contributed by atoms with E-state index in [1.165, 1.54) is 28.0 Å². The van der Waals surface area contributed by atoms with E-state index in [2.05, 4.69) is 20.9 Å². The van der Waals surface area contributed by atoms with Gasteiger partial charge in [-0.1, -0.05) is 33.8 Å². The number of amides is 2. The van der Waals surface area contributed by atoms with E-state index < -0.39 is 11.2 Å². The van der Waals surface area contributed by atoms with Crippen molar-refractivity contribution in [3.05, 3.63) is 61.3 Å². The molecule has 1 fully saturated rings. The van der Waals surface area contributed by atoms with Crippen LogP contribution >= 0.6 is 51.2 Å². The Morgan fingerprint density at radius 1 is 1.03 bits per heavy atom. The van der Waals surface area contributed by atoms with E-state index in [1.54, 1.807) is 26.4 Å². The van der Waals surface area contributed by atoms with Crippen LogP contribution in [0.15, 0.2) is 52.0 Å². The van der Waals surface area contributed by atoms with Gasteiger partial charge in [-0.15, -0.1) is 11.3 Å². The Kier molecular flexibility index (Phi) is 5.65. The zero-order valence-electron chi connectivity index (χ0n) is 17.0. The van der Waals surface area contributed by atoms with Gasteiger partial charge in [-0.3, -0.25) is 9.59 Å². The smallest absolute Gasteiger partial charge is 0.248 e. The highest BCUT2D eigenvalue weighted by molar-refractivity contribution is 9.10. The summed E-state index contributed by atoms with van der Waals surface area (Å²) in [4.78, 5) is 32.6. The van der Waals surface area contributed by atoms with Gasteiger partial charge in [-0.25, -0.2) is 4.90 Å². The zero-order chi connectivity index (χ0) is 22.6. The van der Waals surface area contributed by atoms with Crippen LogP contribution in [0, 0.1) is 9.87 Å². The number of aromatic nitrogens is 1. The number of nitrogens with zero attached hydrogens (tertiary/aromatic N) is 1. The lowest BCUT2D eigenvalue weighted by Crippen LogP contribution is -2.32. The fourth-order valence-electron chi connectivity index (χ4n) is 4.27. The largest absolute Gasteiger partial charge is 0.493 e. The molecule has 0 spiro atoms. The number of nitrogens with one attached hydrogen (secondary N) is 1. The Hall–Kier alpha value is -2.14. The zero-order valence-corrected chi connectivity index (χ0v) is 21.0. The molecule has 6 nitrogen and oxygen atoms in total. The number of rotatable bonds is 4. The van der Waals surface area contributed by atoms with Gasteiger partial charge in [-0.2, -0.15) is 0 Å². The molecule has 3 aromatic rings. The number of fused-ring (bicyclic) bond motifs is 2. The predicted molar refractivity (Wildman–Crippen MR) is 131 cm³/mol. The Labute approximate surface area is 206 Å². The van der Waals surface area contributed by atoms with Crippen LogP contribution in [0.1, 0.15) is 16.4 Å². The Bertz CT molecular complexity index is 1290. The van der Waals surface area contributed by atoms with Crippen molar-refractivity contribution in [2.24, 2.45) is 5.92 Å². The van der Waals surface area contributed by atoms with Crippen LogP contribution in [-0.2, 0) is 9.59 Å². The molecule has 2 amide bonds. The average molecular weight is 549 g/mol. The number of anilines is 1. The molecule has 164 valence electrons. The van der Waals surface area contributed by atoms with Gasteiger partial charge in [0.15, 0.2) is 15.5 Å². The molecule has 0 aliphatic carbocycles. The van der Waals surface area contributed by atoms with Crippen LogP contribution in [0.4, 0.5) is 5.69 Å². The van der Waals surface area contributed by atoms with Gasteiger partial charge in [0.05, 0.1) is 30.9 Å². The number of imide groups is 1. The summed E-state index contributed by atoms with van der Waals surface area (Å²) in [6.07, 6.45) is 0. The molecule has 32 heavy (non-hydrogen) atoms. The fraction of sp³-hybridized carbons (Fsp3) is 0.227. The van der Waals surface area contributed by atoms with Crippen LogP contribution in [0.2, 0.25) is 0 Å². The van der Waals surface area contributed by atoms with Crippen molar-refractivity contribution < 1.29 is 19.1 Å². The third-order valence-electron chi connectivity index (χ3n) is 5.68. The van der Waals surface area contributed by atoms with E-state index in [9.17, 15) is 9.59 Å². The van der Waals surface area contributed by atoms with Crippen LogP contribution in [-0.4, -0.2) is 36.3 Å². The first-order valence-electron chi connectivity index (χ1n) is 9.68. The number of hydrogen-bond donors (Lipinski definition) is 1. The second-order valence-corrected chi connectivity index (χ2v) is 11.1. The number of H-pyrrole nitrogens is 1. The van der Waals surface area contributed by atoms with E-state index in [0.29, 0.717) is 21.1 Å². The standard InChI is InChI=1S/C22H17BrN2O4S3/c1-28-13-8-3-10(9-14(13)29-2)15-16-18(31-19-17(15)32-22(30)24-19)21(27)25(20(16)26)12-6-4-11(23)5-7-12/h3-9,15-16,18H,1-2H3,(H,24,30). The quantitative estimate of drug-likeness (QED) is 0.348. The number of halogens is 1. The normalized spacial score (nSPS) is 22.0. The van der Waals surface area contributed by atoms with Gasteiger partial charge in [0.1, 0.15) is 5.25 Å². The maximum Gasteiger partial charge on any atom is 0.248 e. The molecule has 0 radical (unpaired) electrons. The Morgan fingerprint density at radius 3 is 2.44 bits per heavy atom. The van der Waals surface area contributed by atoms with Crippen LogP contribution < -0.4 is 14.4 Å². The molecule has 2 aliphatic heterocycles. The van der Waals surface area contributed by atoms with E-state index in [0.717, 1.165) is 19.9 Å². The van der Waals surface area contributed by atoms with Gasteiger partial charge < -0.3 is 14.5 Å². The molecule has 1 N–H and O–H groups in total. The van der Waals surface area contributed by atoms with Crippen LogP contribution in [0.3, 0.4) is 0 Å². The molecule has 0 bridgehead atoms. The number of methoxy groups -OCH3 is 2. The number of thiazole rings is 1. The summed E-state index contributed by atoms with van der Waals surface area (Å²) in [5.41, 5.74) is 1.45. The summed E-state index contributed by atoms with van der Waals surface area (Å²) < 4.78 is 12.4. The molecule has 2 aromatic carbocycles. The average Bonchev–Trinajstić information content (AvgIpc) is 3.28. The van der Waals surface area contributed by atoms with Crippen molar-refractivity contribution in [2.75, 3.05) is 19.1 Å². The Balaban J connectivity index is 1.65. The fourth-order valence-corrected chi connectivity index (χ4v) is 7.49.